The van der Waals surface area contributed by atoms with Gasteiger partial charge in [-0.25, -0.2) is 0 Å². The maximum atomic E-state index is 13.0. The summed E-state index contributed by atoms with van der Waals surface area (Å²) in [4.78, 5) is 0. The van der Waals surface area contributed by atoms with Crippen LogP contribution in [0.25, 0.3) is 11.1 Å². The molecule has 0 aliphatic heterocycles. The third-order valence-electron chi connectivity index (χ3n) is 2.57. The van der Waals surface area contributed by atoms with E-state index >= 15 is 0 Å². The van der Waals surface area contributed by atoms with Crippen LogP contribution >= 0.6 is 0 Å². The monoisotopic (exact) mass is 253 g/mol. The molecule has 3 N–H and O–H groups in total. The second-order valence-corrected chi connectivity index (χ2v) is 3.78. The smallest absolute Gasteiger partial charge is 0.418 e. The Kier molecular flexibility index (Phi) is 2.90. The molecular formula is C13H10F3NO. The van der Waals surface area contributed by atoms with E-state index < -0.39 is 11.7 Å². The van der Waals surface area contributed by atoms with Gasteiger partial charge in [0.2, 0.25) is 0 Å². The first-order valence-corrected chi connectivity index (χ1v) is 5.15. The molecule has 0 unspecified atom stereocenters. The number of phenols is 1. The number of anilines is 1. The molecule has 0 amide bonds. The highest BCUT2D eigenvalue weighted by Crippen LogP contribution is 2.42. The Morgan fingerprint density at radius 3 is 2.11 bits per heavy atom. The van der Waals surface area contributed by atoms with Gasteiger partial charge in [-0.2, -0.15) is 13.2 Å². The average Bonchev–Trinajstić information content (AvgIpc) is 2.27. The molecule has 0 aliphatic rings. The first-order valence-electron chi connectivity index (χ1n) is 5.15. The molecular weight excluding hydrogens is 243 g/mol. The van der Waals surface area contributed by atoms with Crippen molar-refractivity contribution in [3.05, 3.63) is 48.0 Å². The normalized spacial score (nSPS) is 11.5. The number of rotatable bonds is 1. The van der Waals surface area contributed by atoms with Gasteiger partial charge in [0.05, 0.1) is 5.56 Å². The number of nitrogen functional groups attached to an aromatic ring is 1. The maximum Gasteiger partial charge on any atom is 0.418 e. The van der Waals surface area contributed by atoms with Crippen LogP contribution in [-0.2, 0) is 6.18 Å². The van der Waals surface area contributed by atoms with Crippen LogP contribution in [0.2, 0.25) is 0 Å². The fourth-order valence-electron chi connectivity index (χ4n) is 1.81. The molecule has 0 spiro atoms. The summed E-state index contributed by atoms with van der Waals surface area (Å²) in [6.45, 7) is 0. The summed E-state index contributed by atoms with van der Waals surface area (Å²) in [5, 5.41) is 9.64. The number of aromatic hydroxyl groups is 1. The van der Waals surface area contributed by atoms with Crippen LogP contribution in [0.5, 0.6) is 5.75 Å². The van der Waals surface area contributed by atoms with Crippen LogP contribution in [0.3, 0.4) is 0 Å². The van der Waals surface area contributed by atoms with Crippen LogP contribution in [0, 0.1) is 0 Å². The molecule has 2 rings (SSSR count). The van der Waals surface area contributed by atoms with Crippen molar-refractivity contribution >= 4 is 5.69 Å². The largest absolute Gasteiger partial charge is 0.507 e. The number of hydrogen-bond donors (Lipinski definition) is 2. The second kappa shape index (κ2) is 4.25. The van der Waals surface area contributed by atoms with Crippen LogP contribution < -0.4 is 5.73 Å². The zero-order valence-electron chi connectivity index (χ0n) is 9.20. The van der Waals surface area contributed by atoms with Crippen LogP contribution in [-0.4, -0.2) is 5.11 Å². The van der Waals surface area contributed by atoms with Gasteiger partial charge >= 0.3 is 6.18 Å². The summed E-state index contributed by atoms with van der Waals surface area (Å²) < 4.78 is 38.9. The zero-order chi connectivity index (χ0) is 13.3. The van der Waals surface area contributed by atoms with E-state index in [0.717, 1.165) is 0 Å². The highest BCUT2D eigenvalue weighted by molar-refractivity contribution is 5.77. The Morgan fingerprint density at radius 2 is 1.50 bits per heavy atom. The van der Waals surface area contributed by atoms with Crippen LogP contribution in [0.4, 0.5) is 18.9 Å². The molecule has 0 bridgehead atoms. The quantitative estimate of drug-likeness (QED) is 0.762. The maximum absolute atomic E-state index is 13.0. The van der Waals surface area contributed by atoms with Crippen molar-refractivity contribution in [3.8, 4) is 16.9 Å². The lowest BCUT2D eigenvalue weighted by Crippen LogP contribution is -2.10. The SMILES string of the molecule is Nc1cccc(-c2ccccc2O)c1C(F)(F)F. The van der Waals surface area contributed by atoms with Gasteiger partial charge in [-0.1, -0.05) is 30.3 Å². The van der Waals surface area contributed by atoms with Gasteiger partial charge in [0.25, 0.3) is 0 Å². The van der Waals surface area contributed by atoms with Gasteiger partial charge in [-0.15, -0.1) is 0 Å². The van der Waals surface area contributed by atoms with Crippen molar-refractivity contribution < 1.29 is 18.3 Å². The Balaban J connectivity index is 2.73. The van der Waals surface area contributed by atoms with Gasteiger partial charge in [0.15, 0.2) is 0 Å². The molecule has 0 saturated heterocycles. The zero-order valence-corrected chi connectivity index (χ0v) is 9.20. The molecule has 0 aliphatic carbocycles. The summed E-state index contributed by atoms with van der Waals surface area (Å²) in [6, 6.07) is 9.74. The highest BCUT2D eigenvalue weighted by Gasteiger charge is 2.36. The molecule has 2 aromatic rings. The summed E-state index contributed by atoms with van der Waals surface area (Å²) >= 11 is 0. The molecule has 0 heterocycles. The Hall–Kier alpha value is -2.17. The van der Waals surface area contributed by atoms with Gasteiger partial charge < -0.3 is 10.8 Å². The average molecular weight is 253 g/mol. The lowest BCUT2D eigenvalue weighted by atomic mass is 9.97. The number of phenolic OH excluding ortho intramolecular Hbond substituents is 1. The van der Waals surface area contributed by atoms with Crippen molar-refractivity contribution in [1.29, 1.82) is 0 Å². The third-order valence-corrected chi connectivity index (χ3v) is 2.57. The van der Waals surface area contributed by atoms with E-state index in [2.05, 4.69) is 0 Å². The second-order valence-electron chi connectivity index (χ2n) is 3.78. The van der Waals surface area contributed by atoms with Crippen molar-refractivity contribution in [1.82, 2.24) is 0 Å². The number of benzene rings is 2. The van der Waals surface area contributed by atoms with E-state index in [4.69, 9.17) is 5.73 Å². The number of nitrogens with two attached hydrogens (primary N) is 1. The topological polar surface area (TPSA) is 46.2 Å². The molecule has 18 heavy (non-hydrogen) atoms. The van der Waals surface area contributed by atoms with E-state index in [1.807, 2.05) is 0 Å². The Bertz CT molecular complexity index is 579. The van der Waals surface area contributed by atoms with E-state index in [1.165, 1.54) is 30.3 Å². The molecule has 94 valence electrons. The van der Waals surface area contributed by atoms with E-state index in [1.54, 1.807) is 12.1 Å². The third kappa shape index (κ3) is 2.11. The molecule has 0 aromatic heterocycles. The molecule has 2 nitrogen and oxygen atoms in total. The van der Waals surface area contributed by atoms with Crippen molar-refractivity contribution in [2.24, 2.45) is 0 Å². The molecule has 5 heteroatoms. The minimum atomic E-state index is -4.57. The van der Waals surface area contributed by atoms with Gasteiger partial charge in [0.1, 0.15) is 5.75 Å². The predicted octanol–water partition coefficient (Wildman–Crippen LogP) is 3.66. The standard InChI is InChI=1S/C13H10F3NO/c14-13(15,16)12-9(5-3-6-10(12)17)8-4-1-2-7-11(8)18/h1-7,18H,17H2. The highest BCUT2D eigenvalue weighted by atomic mass is 19.4. The fraction of sp³-hybridized carbons (Fsp3) is 0.0769. The number of para-hydroxylation sites is 1. The number of hydrogen-bond acceptors (Lipinski definition) is 2. The van der Waals surface area contributed by atoms with Gasteiger partial charge in [0, 0.05) is 11.3 Å². The predicted molar refractivity (Wildman–Crippen MR) is 63.0 cm³/mol. The number of halogens is 3. The lowest BCUT2D eigenvalue weighted by molar-refractivity contribution is -0.136. The number of alkyl halides is 3. The molecule has 2 aromatic carbocycles. The van der Waals surface area contributed by atoms with E-state index in [9.17, 15) is 18.3 Å². The van der Waals surface area contributed by atoms with E-state index in [0.29, 0.717) is 0 Å². The molecule has 0 atom stereocenters. The lowest BCUT2D eigenvalue weighted by Gasteiger charge is -2.16. The van der Waals surface area contributed by atoms with E-state index in [-0.39, 0.29) is 22.6 Å². The summed E-state index contributed by atoms with van der Waals surface area (Å²) in [5.74, 6) is -0.214. The minimum absolute atomic E-state index is 0.108. The first-order chi connectivity index (χ1) is 8.41. The summed E-state index contributed by atoms with van der Waals surface area (Å²) in [7, 11) is 0. The van der Waals surface area contributed by atoms with Crippen LogP contribution in [0.15, 0.2) is 42.5 Å². The molecule has 0 saturated carbocycles. The minimum Gasteiger partial charge on any atom is -0.507 e. The fourth-order valence-corrected chi connectivity index (χ4v) is 1.81. The summed E-state index contributed by atoms with van der Waals surface area (Å²) in [5.41, 5.74) is 4.09. The van der Waals surface area contributed by atoms with Gasteiger partial charge in [-0.3, -0.25) is 0 Å². The Morgan fingerprint density at radius 1 is 0.889 bits per heavy atom. The molecule has 0 radical (unpaired) electrons. The van der Waals surface area contributed by atoms with Crippen molar-refractivity contribution in [2.45, 2.75) is 6.18 Å². The van der Waals surface area contributed by atoms with Crippen molar-refractivity contribution in [2.75, 3.05) is 5.73 Å². The van der Waals surface area contributed by atoms with Crippen molar-refractivity contribution in [3.63, 3.8) is 0 Å². The van der Waals surface area contributed by atoms with Crippen LogP contribution in [0.1, 0.15) is 5.56 Å². The summed E-state index contributed by atoms with van der Waals surface area (Å²) in [6.07, 6.45) is -4.57. The first kappa shape index (κ1) is 12.3. The molecule has 0 fully saturated rings. The Labute approximate surface area is 101 Å². The van der Waals surface area contributed by atoms with Gasteiger partial charge in [-0.05, 0) is 17.7 Å².